The zero-order chi connectivity index (χ0) is 16.1. The summed E-state index contributed by atoms with van der Waals surface area (Å²) in [5, 5.41) is 0. The summed E-state index contributed by atoms with van der Waals surface area (Å²) >= 11 is 0. The van der Waals surface area contributed by atoms with Gasteiger partial charge in [0.15, 0.2) is 0 Å². The quantitative estimate of drug-likeness (QED) is 0.720. The zero-order valence-electron chi connectivity index (χ0n) is 13.2. The molecule has 2 aromatic heterocycles. The molecule has 0 aliphatic carbocycles. The van der Waals surface area contributed by atoms with Crippen LogP contribution in [0, 0.1) is 0 Å². The van der Waals surface area contributed by atoms with Gasteiger partial charge in [0.1, 0.15) is 0 Å². The second kappa shape index (κ2) is 6.92. The van der Waals surface area contributed by atoms with Gasteiger partial charge in [-0.15, -0.1) is 0 Å². The van der Waals surface area contributed by atoms with Gasteiger partial charge < -0.3 is 9.47 Å². The molecule has 2 heterocycles. The van der Waals surface area contributed by atoms with Gasteiger partial charge >= 0.3 is 0 Å². The fourth-order valence-corrected chi connectivity index (χ4v) is 2.47. The number of nitrogens with zero attached hydrogens (tertiary/aromatic N) is 2. The number of ether oxygens (including phenoxy) is 2. The number of aromatic nitrogens is 2. The lowest BCUT2D eigenvalue weighted by Gasteiger charge is -2.10. The number of methoxy groups -OCH3 is 2. The third-order valence-electron chi connectivity index (χ3n) is 3.59. The molecule has 0 unspecified atom stereocenters. The lowest BCUT2D eigenvalue weighted by atomic mass is 10.00. The van der Waals surface area contributed by atoms with Crippen LogP contribution in [0.5, 0.6) is 11.8 Å². The summed E-state index contributed by atoms with van der Waals surface area (Å²) in [5.41, 5.74) is 4.09. The topological polar surface area (TPSA) is 44.2 Å². The maximum absolute atomic E-state index is 5.22. The highest BCUT2D eigenvalue weighted by atomic mass is 16.5. The van der Waals surface area contributed by atoms with Gasteiger partial charge in [0.05, 0.1) is 19.9 Å². The van der Waals surface area contributed by atoms with Crippen molar-refractivity contribution in [1.29, 1.82) is 0 Å². The summed E-state index contributed by atoms with van der Waals surface area (Å²) in [6.45, 7) is 0. The Morgan fingerprint density at radius 2 is 1.43 bits per heavy atom. The molecule has 0 N–H and O–H groups in total. The SMILES string of the molecule is COc1cccc(Cc2ccccc2-c2cccc(OC)n2)n1. The first kappa shape index (κ1) is 15.0. The predicted octanol–water partition coefficient (Wildman–Crippen LogP) is 3.75. The van der Waals surface area contributed by atoms with E-state index in [2.05, 4.69) is 22.1 Å². The largest absolute Gasteiger partial charge is 0.481 e. The Labute approximate surface area is 135 Å². The zero-order valence-corrected chi connectivity index (χ0v) is 13.2. The van der Waals surface area contributed by atoms with Crippen LogP contribution in [-0.4, -0.2) is 24.2 Å². The van der Waals surface area contributed by atoms with Gasteiger partial charge in [-0.2, -0.15) is 0 Å². The van der Waals surface area contributed by atoms with E-state index in [4.69, 9.17) is 9.47 Å². The van der Waals surface area contributed by atoms with E-state index in [1.807, 2.05) is 48.5 Å². The van der Waals surface area contributed by atoms with Gasteiger partial charge in [0.2, 0.25) is 11.8 Å². The van der Waals surface area contributed by atoms with Crippen LogP contribution in [0.25, 0.3) is 11.3 Å². The van der Waals surface area contributed by atoms with Crippen LogP contribution >= 0.6 is 0 Å². The molecule has 0 saturated heterocycles. The van der Waals surface area contributed by atoms with Gasteiger partial charge in [0.25, 0.3) is 0 Å². The minimum absolute atomic E-state index is 0.608. The van der Waals surface area contributed by atoms with Gasteiger partial charge in [-0.1, -0.05) is 36.4 Å². The number of rotatable bonds is 5. The third kappa shape index (κ3) is 3.48. The fraction of sp³-hybridized carbons (Fsp3) is 0.158. The average Bonchev–Trinajstić information content (AvgIpc) is 2.62. The van der Waals surface area contributed by atoms with Gasteiger partial charge in [0, 0.05) is 29.8 Å². The second-order valence-electron chi connectivity index (χ2n) is 5.07. The van der Waals surface area contributed by atoms with Crippen molar-refractivity contribution in [2.75, 3.05) is 14.2 Å². The van der Waals surface area contributed by atoms with Crippen molar-refractivity contribution >= 4 is 0 Å². The van der Waals surface area contributed by atoms with Crippen molar-refractivity contribution < 1.29 is 9.47 Å². The first-order chi connectivity index (χ1) is 11.3. The fourth-order valence-electron chi connectivity index (χ4n) is 2.47. The van der Waals surface area contributed by atoms with Crippen LogP contribution in [-0.2, 0) is 6.42 Å². The molecule has 0 radical (unpaired) electrons. The summed E-state index contributed by atoms with van der Waals surface area (Å²) < 4.78 is 10.4. The van der Waals surface area contributed by atoms with Crippen LogP contribution in [0.4, 0.5) is 0 Å². The number of pyridine rings is 2. The van der Waals surface area contributed by atoms with Crippen LogP contribution in [0.2, 0.25) is 0 Å². The molecule has 0 bridgehead atoms. The maximum atomic E-state index is 5.22. The summed E-state index contributed by atoms with van der Waals surface area (Å²) in [4.78, 5) is 9.02. The Hall–Kier alpha value is -2.88. The second-order valence-corrected chi connectivity index (χ2v) is 5.07. The Morgan fingerprint density at radius 1 is 0.739 bits per heavy atom. The summed E-state index contributed by atoms with van der Waals surface area (Å²) in [5.74, 6) is 1.23. The van der Waals surface area contributed by atoms with Crippen molar-refractivity contribution in [2.45, 2.75) is 6.42 Å². The number of hydrogen-bond acceptors (Lipinski definition) is 4. The van der Waals surface area contributed by atoms with Crippen LogP contribution in [0.15, 0.2) is 60.7 Å². The Balaban J connectivity index is 1.97. The summed E-state index contributed by atoms with van der Waals surface area (Å²) in [6.07, 6.45) is 0.715. The molecule has 3 aromatic rings. The standard InChI is InChI=1S/C19H18N2O2/c1-22-18-11-5-8-15(20-18)13-14-7-3-4-9-16(14)17-10-6-12-19(21-17)23-2/h3-12H,13H2,1-2H3. The molecular weight excluding hydrogens is 288 g/mol. The average molecular weight is 306 g/mol. The van der Waals surface area contributed by atoms with Gasteiger partial charge in [-0.25, -0.2) is 9.97 Å². The molecule has 0 atom stereocenters. The first-order valence-corrected chi connectivity index (χ1v) is 7.39. The van der Waals surface area contributed by atoms with Crippen molar-refractivity contribution in [2.24, 2.45) is 0 Å². The molecule has 4 heteroatoms. The van der Waals surface area contributed by atoms with Gasteiger partial charge in [-0.3, -0.25) is 0 Å². The van der Waals surface area contributed by atoms with E-state index in [0.717, 1.165) is 22.5 Å². The Kier molecular flexibility index (Phi) is 4.52. The molecular formula is C19H18N2O2. The highest BCUT2D eigenvalue weighted by Crippen LogP contribution is 2.25. The Bertz CT molecular complexity index is 803. The third-order valence-corrected chi connectivity index (χ3v) is 3.59. The van der Waals surface area contributed by atoms with Crippen molar-refractivity contribution in [3.05, 3.63) is 71.9 Å². The Morgan fingerprint density at radius 3 is 2.22 bits per heavy atom. The van der Waals surface area contributed by atoms with E-state index >= 15 is 0 Å². The molecule has 0 amide bonds. The van der Waals surface area contributed by atoms with Crippen molar-refractivity contribution in [1.82, 2.24) is 9.97 Å². The van der Waals surface area contributed by atoms with Crippen LogP contribution < -0.4 is 9.47 Å². The lowest BCUT2D eigenvalue weighted by molar-refractivity contribution is 0.396. The van der Waals surface area contributed by atoms with E-state index in [0.29, 0.717) is 18.2 Å². The van der Waals surface area contributed by atoms with Crippen LogP contribution in [0.3, 0.4) is 0 Å². The molecule has 23 heavy (non-hydrogen) atoms. The van der Waals surface area contributed by atoms with Crippen molar-refractivity contribution in [3.63, 3.8) is 0 Å². The highest BCUT2D eigenvalue weighted by Gasteiger charge is 2.09. The van der Waals surface area contributed by atoms with Gasteiger partial charge in [-0.05, 0) is 17.7 Å². The molecule has 3 rings (SSSR count). The smallest absolute Gasteiger partial charge is 0.213 e. The van der Waals surface area contributed by atoms with E-state index in [1.54, 1.807) is 14.2 Å². The molecule has 1 aromatic carbocycles. The normalized spacial score (nSPS) is 10.3. The molecule has 0 aliphatic rings. The number of hydrogen-bond donors (Lipinski definition) is 0. The summed E-state index contributed by atoms with van der Waals surface area (Å²) in [7, 11) is 3.25. The highest BCUT2D eigenvalue weighted by molar-refractivity contribution is 5.64. The molecule has 0 spiro atoms. The van der Waals surface area contributed by atoms with Crippen LogP contribution in [0.1, 0.15) is 11.3 Å². The van der Waals surface area contributed by atoms with E-state index in [1.165, 1.54) is 0 Å². The van der Waals surface area contributed by atoms with E-state index < -0.39 is 0 Å². The van der Waals surface area contributed by atoms with E-state index in [-0.39, 0.29) is 0 Å². The minimum Gasteiger partial charge on any atom is -0.481 e. The maximum Gasteiger partial charge on any atom is 0.213 e. The molecule has 0 saturated carbocycles. The van der Waals surface area contributed by atoms with Crippen molar-refractivity contribution in [3.8, 4) is 23.0 Å². The first-order valence-electron chi connectivity index (χ1n) is 7.39. The lowest BCUT2D eigenvalue weighted by Crippen LogP contribution is -1.98. The minimum atomic E-state index is 0.608. The molecule has 116 valence electrons. The number of benzene rings is 1. The monoisotopic (exact) mass is 306 g/mol. The summed E-state index contributed by atoms with van der Waals surface area (Å²) in [6, 6.07) is 19.8. The molecule has 0 aliphatic heterocycles. The van der Waals surface area contributed by atoms with E-state index in [9.17, 15) is 0 Å². The molecule has 4 nitrogen and oxygen atoms in total. The molecule has 0 fully saturated rings. The predicted molar refractivity (Wildman–Crippen MR) is 89.8 cm³/mol.